The molecule has 0 saturated heterocycles. The van der Waals surface area contributed by atoms with E-state index in [0.29, 0.717) is 46.2 Å². The molecular formula is C60H72N7O20S6+. The van der Waals surface area contributed by atoms with E-state index in [1.165, 1.54) is 24.4 Å². The second-order valence-corrected chi connectivity index (χ2v) is 31.4. The number of unbranched alkanes of at least 4 members (excludes halogenated alkanes) is 1. The Morgan fingerprint density at radius 3 is 1.96 bits per heavy atom. The molecule has 0 radical (unpaired) electrons. The number of Topliss-reactive ketones (excluding diaryl/α,β-unsaturated/α-hetero) is 1. The molecule has 0 bridgehead atoms. The van der Waals surface area contributed by atoms with E-state index >= 15 is 0 Å². The first-order valence-electron chi connectivity index (χ1n) is 29.1. The van der Waals surface area contributed by atoms with Gasteiger partial charge in [0.2, 0.25) is 10.0 Å². The number of hydrogen-bond donors (Lipinski definition) is 6. The molecule has 2 aromatic heterocycles. The fraction of sp³-hybridized carbons (Fsp3) is 0.400. The lowest BCUT2D eigenvalue weighted by atomic mass is 9.79. The fourth-order valence-corrected chi connectivity index (χ4v) is 15.0. The number of amides is 1. The number of rotatable bonds is 33. The van der Waals surface area contributed by atoms with Crippen molar-refractivity contribution >= 4 is 118 Å². The topological polar surface area (TPSA) is 406 Å². The normalized spacial score (nSPS) is 15.7. The molecule has 7 N–H and O–H groups in total. The van der Waals surface area contributed by atoms with Crippen LogP contribution in [-0.4, -0.2) is 176 Å². The molecule has 6 aromatic rings. The lowest BCUT2D eigenvalue weighted by molar-refractivity contribution is -0.438. The molecule has 33 heteroatoms. The van der Waals surface area contributed by atoms with Crippen molar-refractivity contribution in [2.75, 3.05) is 83.1 Å². The number of nitrogens with zero attached hydrogens (tertiary/aromatic N) is 5. The first-order valence-corrected chi connectivity index (χ1v) is 37.4. The van der Waals surface area contributed by atoms with E-state index in [4.69, 9.17) is 29.1 Å². The largest absolute Gasteiger partial charge is 0.379 e. The summed E-state index contributed by atoms with van der Waals surface area (Å²) >= 11 is 0.736. The summed E-state index contributed by atoms with van der Waals surface area (Å²) in [5.41, 5.74) is 2.71. The molecule has 0 saturated carbocycles. The van der Waals surface area contributed by atoms with Crippen LogP contribution in [0.15, 0.2) is 122 Å². The minimum absolute atomic E-state index is 0.0342. The predicted octanol–water partition coefficient (Wildman–Crippen LogP) is 6.40. The molecule has 2 aliphatic rings. The third-order valence-corrected chi connectivity index (χ3v) is 21.1. The minimum atomic E-state index is -5.09. The standard InChI is InChI=1S/C60H71N7O20S6/c1-6-7-23-66-49-17-11-39-9-14-43(91(75,76)77)35-46(39)55(49)59(2,3)52(66)19-12-40(13-20-53-60(4,5)56-47-36-44(92(78,79)80)37-51(93(81,82)83)45(47)15-18-50(56)67(53)24-8-33-89(70,71)72)48-16-10-41(38-63-48)57(69)62-22-26-85-28-30-87-32-31-86-29-27-84-25-21-42(68)34-54-64-65-58(88-54)90(61,73)74/h9-20,35-38H,6-8,21-34H2,1-5H3,(H6-,61,62,69,70,71,72,73,74,75,76,77,78,79,80,81,82,83)/p+1. The minimum Gasteiger partial charge on any atom is -0.379 e. The zero-order chi connectivity index (χ0) is 67.9. The lowest BCUT2D eigenvalue weighted by Crippen LogP contribution is -2.28. The number of carbonyl (C=O) groups excluding carboxylic acids is 2. The summed E-state index contributed by atoms with van der Waals surface area (Å²) < 4.78 is 187. The Balaban J connectivity index is 1.01. The number of ketones is 1. The van der Waals surface area contributed by atoms with Crippen LogP contribution in [0.5, 0.6) is 0 Å². The summed E-state index contributed by atoms with van der Waals surface area (Å²) in [7, 11) is -23.2. The second-order valence-electron chi connectivity index (χ2n) is 22.8. The van der Waals surface area contributed by atoms with Gasteiger partial charge >= 0.3 is 0 Å². The summed E-state index contributed by atoms with van der Waals surface area (Å²) in [6.07, 6.45) is 10.1. The first kappa shape index (κ1) is 72.2. The number of hydrogen-bond acceptors (Lipinski definition) is 21. The molecule has 0 atom stereocenters. The molecule has 0 aliphatic carbocycles. The third kappa shape index (κ3) is 17.8. The van der Waals surface area contributed by atoms with Crippen LogP contribution < -0.4 is 15.4 Å². The molecule has 1 amide bonds. The van der Waals surface area contributed by atoms with Crippen LogP contribution in [0.25, 0.3) is 27.1 Å². The first-order chi connectivity index (χ1) is 43.6. The van der Waals surface area contributed by atoms with Gasteiger partial charge in [0.05, 0.1) is 91.5 Å². The van der Waals surface area contributed by atoms with Crippen molar-refractivity contribution in [1.29, 1.82) is 0 Å². The van der Waals surface area contributed by atoms with Gasteiger partial charge in [-0.25, -0.2) is 13.6 Å². The number of allylic oxidation sites excluding steroid dienone is 6. The Kier molecular flexibility index (Phi) is 22.9. The van der Waals surface area contributed by atoms with Gasteiger partial charge in [0.15, 0.2) is 5.71 Å². The zero-order valence-corrected chi connectivity index (χ0v) is 56.2. The maximum Gasteiger partial charge on any atom is 0.295 e. The van der Waals surface area contributed by atoms with Crippen molar-refractivity contribution in [1.82, 2.24) is 20.5 Å². The number of sulfonamides is 1. The van der Waals surface area contributed by atoms with Crippen LogP contribution in [0.2, 0.25) is 0 Å². The van der Waals surface area contributed by atoms with Crippen molar-refractivity contribution in [3.63, 3.8) is 0 Å². The average molecular weight is 1400 g/mol. The number of anilines is 1. The van der Waals surface area contributed by atoms with Crippen molar-refractivity contribution in [3.8, 4) is 0 Å². The molecule has 0 fully saturated rings. The van der Waals surface area contributed by atoms with Crippen molar-refractivity contribution in [2.45, 2.75) is 96.6 Å². The molecule has 93 heavy (non-hydrogen) atoms. The zero-order valence-electron chi connectivity index (χ0n) is 51.3. The number of primary sulfonamides is 1. The number of aromatic nitrogens is 3. The van der Waals surface area contributed by atoms with Gasteiger partial charge in [-0.15, -0.1) is 10.2 Å². The van der Waals surface area contributed by atoms with Crippen LogP contribution in [0, 0.1) is 0 Å². The molecule has 2 aliphatic heterocycles. The van der Waals surface area contributed by atoms with E-state index in [-0.39, 0.29) is 122 Å². The number of pyridine rings is 1. The highest BCUT2D eigenvalue weighted by Gasteiger charge is 2.46. The molecule has 0 spiro atoms. The number of nitrogens with two attached hydrogens (primary N) is 1. The van der Waals surface area contributed by atoms with Gasteiger partial charge in [0.25, 0.3) is 56.4 Å². The average Bonchev–Trinajstić information content (AvgIpc) is 1.60. The van der Waals surface area contributed by atoms with Crippen LogP contribution in [0.4, 0.5) is 11.4 Å². The summed E-state index contributed by atoms with van der Waals surface area (Å²) in [6, 6.07) is 16.1. The molecule has 8 rings (SSSR count). The lowest BCUT2D eigenvalue weighted by Gasteiger charge is -2.27. The SMILES string of the molecule is CCCC[N+]1=C(/C=C/C(=C/C=C2/N(CCCS(=O)(=O)O)c3ccc4c(S(=O)(=O)O)cc(S(=O)(=O)O)cc4c3C2(C)C)c2ccc(C(=O)NCCOCCOCCOCCOCCC(=O)Cc3nnc(S(N)(=O)=O)s3)cn2)C(C)(C)c2c1ccc1ccc(S(=O)(=O)O)cc21. The second kappa shape index (κ2) is 29.5. The summed E-state index contributed by atoms with van der Waals surface area (Å²) in [4.78, 5) is 30.3. The number of fused-ring (bicyclic) bond motifs is 6. The van der Waals surface area contributed by atoms with Crippen molar-refractivity contribution < 1.29 is 93.4 Å². The molecule has 4 heterocycles. The smallest absolute Gasteiger partial charge is 0.295 e. The summed E-state index contributed by atoms with van der Waals surface area (Å²) in [5, 5.41) is 16.5. The highest BCUT2D eigenvalue weighted by atomic mass is 32.3. The highest BCUT2D eigenvalue weighted by molar-refractivity contribution is 7.91. The molecule has 0 unspecified atom stereocenters. The van der Waals surface area contributed by atoms with E-state index in [0.717, 1.165) is 52.6 Å². The molecule has 502 valence electrons. The number of nitrogens with one attached hydrogen (secondary N) is 1. The van der Waals surface area contributed by atoms with E-state index in [1.807, 2.05) is 38.1 Å². The van der Waals surface area contributed by atoms with Crippen molar-refractivity contribution in [2.24, 2.45) is 5.14 Å². The predicted molar refractivity (Wildman–Crippen MR) is 346 cm³/mol. The van der Waals surface area contributed by atoms with Gasteiger partial charge in [0, 0.05) is 77.6 Å². The molecular weight excluding hydrogens is 1330 g/mol. The van der Waals surface area contributed by atoms with Crippen LogP contribution >= 0.6 is 11.3 Å². The maximum atomic E-state index is 13.5. The molecule has 27 nitrogen and oxygen atoms in total. The Bertz CT molecular complexity index is 4570. The Hall–Kier alpha value is -6.67. The number of carbonyl (C=O) groups is 2. The van der Waals surface area contributed by atoms with Gasteiger partial charge in [-0.3, -0.25) is 32.8 Å². The van der Waals surface area contributed by atoms with Gasteiger partial charge in [-0.1, -0.05) is 56.7 Å². The van der Waals surface area contributed by atoms with Crippen LogP contribution in [-0.2, 0) is 91.5 Å². The fourth-order valence-electron chi connectivity index (χ4n) is 11.2. The van der Waals surface area contributed by atoms with E-state index in [9.17, 15) is 69.9 Å². The molecule has 4 aromatic carbocycles. The third-order valence-electron chi connectivity index (χ3n) is 15.5. The Labute approximate surface area is 543 Å². The van der Waals surface area contributed by atoms with Gasteiger partial charge < -0.3 is 29.2 Å². The van der Waals surface area contributed by atoms with Crippen LogP contribution in [0.1, 0.15) is 92.5 Å². The van der Waals surface area contributed by atoms with Gasteiger partial charge in [-0.2, -0.15) is 38.2 Å². The Morgan fingerprint density at radius 2 is 1.35 bits per heavy atom. The summed E-state index contributed by atoms with van der Waals surface area (Å²) in [5.74, 6) is -1.31. The highest BCUT2D eigenvalue weighted by Crippen LogP contribution is 2.52. The van der Waals surface area contributed by atoms with Crippen LogP contribution in [0.3, 0.4) is 0 Å². The quantitative estimate of drug-likeness (QED) is 0.0112. The van der Waals surface area contributed by atoms with Gasteiger partial charge in [0.1, 0.15) is 22.2 Å². The van der Waals surface area contributed by atoms with E-state index in [1.54, 1.807) is 55.2 Å². The van der Waals surface area contributed by atoms with E-state index < -0.39 is 82.8 Å². The number of benzene rings is 4. The van der Waals surface area contributed by atoms with E-state index in [2.05, 4.69) is 27.0 Å². The Morgan fingerprint density at radius 1 is 0.710 bits per heavy atom. The number of ether oxygens (including phenoxy) is 4. The monoisotopic (exact) mass is 1400 g/mol. The summed E-state index contributed by atoms with van der Waals surface area (Å²) in [6.45, 7) is 12.0. The van der Waals surface area contributed by atoms with Crippen molar-refractivity contribution in [3.05, 3.63) is 130 Å². The van der Waals surface area contributed by atoms with Gasteiger partial charge in [-0.05, 0) is 103 Å². The maximum absolute atomic E-state index is 13.5.